The van der Waals surface area contributed by atoms with Crippen molar-refractivity contribution in [3.05, 3.63) is 42.0 Å². The summed E-state index contributed by atoms with van der Waals surface area (Å²) in [5.41, 5.74) is 0.278. The van der Waals surface area contributed by atoms with Gasteiger partial charge < -0.3 is 4.74 Å². The SMILES string of the molecule is CC1(C)Oc2c(sc3cc(-c4ccc(N=C(C#N)C#N)s4)sc23)-c2sc(-c3ccc(N=C(C#N)C#N)s3)cc21. The first-order chi connectivity index (χ1) is 18.8. The van der Waals surface area contributed by atoms with E-state index in [0.717, 1.165) is 45.1 Å². The van der Waals surface area contributed by atoms with Crippen LogP contribution in [-0.2, 0) is 5.60 Å². The fraction of sp³-hybridized carbons (Fsp3) is 0.111. The van der Waals surface area contributed by atoms with Crippen molar-refractivity contribution >= 4 is 87.5 Å². The van der Waals surface area contributed by atoms with Gasteiger partial charge in [0.05, 0.1) is 19.2 Å². The van der Waals surface area contributed by atoms with Crippen LogP contribution in [0, 0.1) is 45.3 Å². The standard InChI is InChI=1S/C27H12N6OS5/c1-27(2)15-7-18(16-3-5-21(35-16)32-13(9-28)10-29)37-24(15)26-23(34-27)25-20(39-26)8-19(38-25)17-4-6-22(36-17)33-14(11-30)12-31/h3-8H,1-2H3. The summed E-state index contributed by atoms with van der Waals surface area (Å²) < 4.78 is 8.85. The Morgan fingerprint density at radius 2 is 1.26 bits per heavy atom. The monoisotopic (exact) mass is 596 g/mol. The zero-order valence-corrected chi connectivity index (χ0v) is 24.2. The number of nitriles is 4. The third-order valence-electron chi connectivity index (χ3n) is 5.80. The maximum atomic E-state index is 9.01. The molecule has 5 aromatic heterocycles. The number of aliphatic imine (C=N–C) groups is 2. The lowest BCUT2D eigenvalue weighted by Crippen LogP contribution is -2.27. The highest BCUT2D eigenvalue weighted by molar-refractivity contribution is 7.35. The molecule has 0 bridgehead atoms. The smallest absolute Gasteiger partial charge is 0.219 e. The van der Waals surface area contributed by atoms with Crippen LogP contribution in [0.1, 0.15) is 19.4 Å². The second kappa shape index (κ2) is 9.55. The summed E-state index contributed by atoms with van der Waals surface area (Å²) in [4.78, 5) is 14.8. The molecule has 0 atom stereocenters. The fourth-order valence-corrected chi connectivity index (χ4v) is 9.96. The van der Waals surface area contributed by atoms with Crippen LogP contribution >= 0.6 is 56.7 Å². The quantitative estimate of drug-likeness (QED) is 0.191. The molecule has 5 aromatic rings. The average Bonchev–Trinajstić information content (AvgIpc) is 3.73. The molecule has 0 amide bonds. The Morgan fingerprint density at radius 3 is 1.82 bits per heavy atom. The van der Waals surface area contributed by atoms with Gasteiger partial charge in [-0.2, -0.15) is 21.0 Å². The zero-order valence-electron chi connectivity index (χ0n) is 20.1. The molecule has 186 valence electrons. The summed E-state index contributed by atoms with van der Waals surface area (Å²) in [7, 11) is 0. The van der Waals surface area contributed by atoms with E-state index in [-0.39, 0.29) is 11.4 Å². The molecule has 0 radical (unpaired) electrons. The summed E-state index contributed by atoms with van der Waals surface area (Å²) in [6, 6.07) is 19.1. The minimum Gasteiger partial charge on any atom is -0.480 e. The van der Waals surface area contributed by atoms with Crippen molar-refractivity contribution in [3.8, 4) is 59.3 Å². The highest BCUT2D eigenvalue weighted by atomic mass is 32.1. The van der Waals surface area contributed by atoms with E-state index in [2.05, 4.69) is 36.0 Å². The average molecular weight is 597 g/mol. The molecule has 7 nitrogen and oxygen atoms in total. The van der Waals surface area contributed by atoms with E-state index in [4.69, 9.17) is 25.8 Å². The van der Waals surface area contributed by atoms with E-state index >= 15 is 0 Å². The van der Waals surface area contributed by atoms with Gasteiger partial charge in [-0.3, -0.25) is 0 Å². The van der Waals surface area contributed by atoms with Gasteiger partial charge in [0.15, 0.2) is 5.75 Å². The molecule has 1 aliphatic heterocycles. The Bertz CT molecular complexity index is 2000. The molecule has 12 heteroatoms. The minimum absolute atomic E-state index is 0.160. The van der Waals surface area contributed by atoms with Crippen LogP contribution in [0.4, 0.5) is 10.0 Å². The molecule has 0 unspecified atom stereocenters. The molecule has 0 spiro atoms. The van der Waals surface area contributed by atoms with E-state index < -0.39 is 5.60 Å². The summed E-state index contributed by atoms with van der Waals surface area (Å²) >= 11 is 7.97. The molecule has 0 aliphatic carbocycles. The third-order valence-corrected chi connectivity index (χ3v) is 11.8. The number of rotatable bonds is 4. The molecule has 6 rings (SSSR count). The first-order valence-corrected chi connectivity index (χ1v) is 15.3. The highest BCUT2D eigenvalue weighted by Gasteiger charge is 2.38. The molecule has 0 saturated heterocycles. The molecule has 6 heterocycles. The Balaban J connectivity index is 1.38. The van der Waals surface area contributed by atoms with Crippen LogP contribution in [0.25, 0.3) is 38.7 Å². The van der Waals surface area contributed by atoms with Crippen LogP contribution in [-0.4, -0.2) is 11.4 Å². The number of hydrogen-bond acceptors (Lipinski definition) is 12. The number of thiophene rings is 5. The van der Waals surface area contributed by atoms with E-state index in [9.17, 15) is 0 Å². The molecule has 0 fully saturated rings. The summed E-state index contributed by atoms with van der Waals surface area (Å²) in [6.07, 6.45) is 0. The number of fused-ring (bicyclic) bond motifs is 5. The van der Waals surface area contributed by atoms with Gasteiger partial charge in [-0.1, -0.05) is 0 Å². The van der Waals surface area contributed by atoms with Crippen molar-refractivity contribution in [2.45, 2.75) is 19.4 Å². The Hall–Kier alpha value is -4.14. The lowest BCUT2D eigenvalue weighted by atomic mass is 9.95. The molecule has 0 saturated carbocycles. The molecular formula is C27H12N6OS5. The summed E-state index contributed by atoms with van der Waals surface area (Å²) in [6.45, 7) is 4.15. The molecule has 39 heavy (non-hydrogen) atoms. The van der Waals surface area contributed by atoms with Crippen LogP contribution in [0.5, 0.6) is 5.75 Å². The maximum Gasteiger partial charge on any atom is 0.219 e. The predicted molar refractivity (Wildman–Crippen MR) is 160 cm³/mol. The van der Waals surface area contributed by atoms with Gasteiger partial charge in [0, 0.05) is 25.1 Å². The first kappa shape index (κ1) is 25.2. The lowest BCUT2D eigenvalue weighted by molar-refractivity contribution is 0.109. The van der Waals surface area contributed by atoms with Gasteiger partial charge in [-0.15, -0.1) is 56.7 Å². The maximum absolute atomic E-state index is 9.01. The second-order valence-corrected chi connectivity index (χ2v) is 14.0. The Morgan fingerprint density at radius 1 is 0.692 bits per heavy atom. The lowest BCUT2D eigenvalue weighted by Gasteiger charge is -2.31. The van der Waals surface area contributed by atoms with Crippen molar-refractivity contribution in [3.63, 3.8) is 0 Å². The summed E-state index contributed by atoms with van der Waals surface area (Å²) in [5, 5.41) is 37.2. The summed E-state index contributed by atoms with van der Waals surface area (Å²) in [5.74, 6) is 0.896. The van der Waals surface area contributed by atoms with Gasteiger partial charge in [0.25, 0.3) is 0 Å². The van der Waals surface area contributed by atoms with Crippen molar-refractivity contribution in [1.82, 2.24) is 0 Å². The van der Waals surface area contributed by atoms with Crippen LogP contribution in [0.2, 0.25) is 0 Å². The predicted octanol–water partition coefficient (Wildman–Crippen LogP) is 9.02. The molecule has 1 aliphatic rings. The molecule has 0 N–H and O–H groups in total. The minimum atomic E-state index is -0.530. The second-order valence-electron chi connectivity index (χ2n) is 8.67. The largest absolute Gasteiger partial charge is 0.480 e. The van der Waals surface area contributed by atoms with Crippen molar-refractivity contribution in [2.75, 3.05) is 0 Å². The van der Waals surface area contributed by atoms with Gasteiger partial charge in [0.2, 0.25) is 11.4 Å². The van der Waals surface area contributed by atoms with Gasteiger partial charge in [-0.05, 0) is 50.2 Å². The Kier molecular flexibility index (Phi) is 6.16. The first-order valence-electron chi connectivity index (χ1n) is 11.2. The normalized spacial score (nSPS) is 12.7. The number of ether oxygens (including phenoxy) is 1. The van der Waals surface area contributed by atoms with Gasteiger partial charge >= 0.3 is 0 Å². The molecular weight excluding hydrogens is 585 g/mol. The molecule has 0 aromatic carbocycles. The zero-order chi connectivity index (χ0) is 27.3. The fourth-order valence-electron chi connectivity index (χ4n) is 4.08. The van der Waals surface area contributed by atoms with E-state index in [1.807, 2.05) is 24.3 Å². The van der Waals surface area contributed by atoms with E-state index in [1.165, 1.54) is 27.6 Å². The third kappa shape index (κ3) is 4.35. The van der Waals surface area contributed by atoms with Crippen LogP contribution < -0.4 is 4.74 Å². The van der Waals surface area contributed by atoms with Crippen molar-refractivity contribution < 1.29 is 4.74 Å². The topological polar surface area (TPSA) is 129 Å². The highest BCUT2D eigenvalue weighted by Crippen LogP contribution is 2.59. The van der Waals surface area contributed by atoms with E-state index in [1.54, 1.807) is 58.3 Å². The van der Waals surface area contributed by atoms with E-state index in [0.29, 0.717) is 10.0 Å². The number of nitrogens with zero attached hydrogens (tertiary/aromatic N) is 6. The van der Waals surface area contributed by atoms with Crippen molar-refractivity contribution in [1.29, 1.82) is 21.0 Å². The van der Waals surface area contributed by atoms with Gasteiger partial charge in [0.1, 0.15) is 39.9 Å². The Labute approximate surface area is 242 Å². The van der Waals surface area contributed by atoms with Crippen LogP contribution in [0.3, 0.4) is 0 Å². The van der Waals surface area contributed by atoms with Crippen LogP contribution in [0.15, 0.2) is 46.4 Å². The van der Waals surface area contributed by atoms with Crippen molar-refractivity contribution in [2.24, 2.45) is 9.98 Å². The van der Waals surface area contributed by atoms with Gasteiger partial charge in [-0.25, -0.2) is 9.98 Å². The number of hydrogen-bond donors (Lipinski definition) is 0.